The van der Waals surface area contributed by atoms with E-state index < -0.39 is 29.3 Å². The van der Waals surface area contributed by atoms with Crippen molar-refractivity contribution in [2.45, 2.75) is 12.6 Å². The van der Waals surface area contributed by atoms with Gasteiger partial charge in [-0.05, 0) is 42.5 Å². The highest BCUT2D eigenvalue weighted by molar-refractivity contribution is 6.46. The molecule has 1 amide bonds. The largest absolute Gasteiger partial charge is 0.507 e. The minimum atomic E-state index is -1.10. The van der Waals surface area contributed by atoms with Gasteiger partial charge in [0.15, 0.2) is 0 Å². The minimum Gasteiger partial charge on any atom is -0.507 e. The van der Waals surface area contributed by atoms with Gasteiger partial charge in [-0.2, -0.15) is 0 Å². The Kier molecular flexibility index (Phi) is 4.94. The molecule has 1 unspecified atom stereocenters. The van der Waals surface area contributed by atoms with Crippen LogP contribution in [-0.2, 0) is 16.1 Å². The normalized spacial score (nSPS) is 18.4. The zero-order chi connectivity index (χ0) is 20.5. The second-order valence-electron chi connectivity index (χ2n) is 6.53. The summed E-state index contributed by atoms with van der Waals surface area (Å²) in [6.45, 7) is -0.0476. The van der Waals surface area contributed by atoms with Crippen molar-refractivity contribution in [2.24, 2.45) is 0 Å². The molecule has 0 bridgehead atoms. The van der Waals surface area contributed by atoms with Crippen LogP contribution in [0.1, 0.15) is 22.9 Å². The van der Waals surface area contributed by atoms with Gasteiger partial charge in [0.1, 0.15) is 17.3 Å². The highest BCUT2D eigenvalue weighted by Gasteiger charge is 2.47. The van der Waals surface area contributed by atoms with Gasteiger partial charge in [-0.3, -0.25) is 9.59 Å². The van der Waals surface area contributed by atoms with Crippen LogP contribution in [0.4, 0.5) is 4.39 Å². The molecule has 1 aliphatic heterocycles. The molecular formula is C22H15ClFNO4. The van der Waals surface area contributed by atoms with Gasteiger partial charge in [0.05, 0.1) is 24.4 Å². The van der Waals surface area contributed by atoms with Crippen molar-refractivity contribution in [2.75, 3.05) is 0 Å². The number of hydrogen-bond acceptors (Lipinski definition) is 4. The van der Waals surface area contributed by atoms with E-state index in [0.717, 1.165) is 0 Å². The van der Waals surface area contributed by atoms with Crippen LogP contribution in [0.5, 0.6) is 0 Å². The van der Waals surface area contributed by atoms with Gasteiger partial charge in [-0.1, -0.05) is 29.8 Å². The van der Waals surface area contributed by atoms with Crippen molar-refractivity contribution in [1.82, 2.24) is 4.90 Å². The summed E-state index contributed by atoms with van der Waals surface area (Å²) in [4.78, 5) is 26.8. The van der Waals surface area contributed by atoms with E-state index in [1.165, 1.54) is 41.5 Å². The highest BCUT2D eigenvalue weighted by atomic mass is 35.5. The minimum absolute atomic E-state index is 0.0476. The Morgan fingerprint density at radius 3 is 2.45 bits per heavy atom. The molecule has 0 radical (unpaired) electrons. The molecule has 1 aromatic heterocycles. The Bertz CT molecular complexity index is 1110. The van der Waals surface area contributed by atoms with Crippen molar-refractivity contribution in [3.05, 3.63) is 100 Å². The fraction of sp³-hybridized carbons (Fsp3) is 0.0909. The molecule has 4 rings (SSSR count). The van der Waals surface area contributed by atoms with Crippen molar-refractivity contribution in [1.29, 1.82) is 0 Å². The van der Waals surface area contributed by atoms with Crippen LogP contribution in [0.25, 0.3) is 5.76 Å². The lowest BCUT2D eigenvalue weighted by Crippen LogP contribution is -2.29. The Morgan fingerprint density at radius 2 is 1.79 bits per heavy atom. The number of carbonyl (C=O) groups is 2. The summed E-state index contributed by atoms with van der Waals surface area (Å²) in [5, 5.41) is 11.3. The predicted octanol–water partition coefficient (Wildman–Crippen LogP) is 4.69. The molecule has 2 heterocycles. The van der Waals surface area contributed by atoms with Crippen LogP contribution in [-0.4, -0.2) is 21.7 Å². The molecule has 1 atom stereocenters. The lowest BCUT2D eigenvalue weighted by molar-refractivity contribution is -0.140. The number of furan rings is 1. The summed E-state index contributed by atoms with van der Waals surface area (Å²) >= 11 is 5.89. The number of Topliss-reactive ketones (excluding diaryl/α,β-unsaturated/α-hetero) is 1. The van der Waals surface area contributed by atoms with Gasteiger partial charge >= 0.3 is 0 Å². The molecule has 146 valence electrons. The van der Waals surface area contributed by atoms with Gasteiger partial charge in [0, 0.05) is 16.1 Å². The van der Waals surface area contributed by atoms with Gasteiger partial charge in [0.25, 0.3) is 11.7 Å². The first kappa shape index (κ1) is 19.0. The number of amides is 1. The topological polar surface area (TPSA) is 70.8 Å². The van der Waals surface area contributed by atoms with Crippen molar-refractivity contribution >= 4 is 29.1 Å². The summed E-state index contributed by atoms with van der Waals surface area (Å²) < 4.78 is 19.9. The Morgan fingerprint density at radius 1 is 1.07 bits per heavy atom. The molecule has 0 spiro atoms. The molecule has 0 aliphatic carbocycles. The van der Waals surface area contributed by atoms with Gasteiger partial charge < -0.3 is 14.4 Å². The fourth-order valence-electron chi connectivity index (χ4n) is 3.40. The quantitative estimate of drug-likeness (QED) is 0.384. The third-order valence-corrected chi connectivity index (χ3v) is 5.02. The van der Waals surface area contributed by atoms with Gasteiger partial charge in [-0.15, -0.1) is 0 Å². The number of aliphatic hydroxyl groups is 1. The Balaban J connectivity index is 1.89. The molecule has 1 saturated heterocycles. The third-order valence-electron chi connectivity index (χ3n) is 4.76. The lowest BCUT2D eigenvalue weighted by atomic mass is 9.95. The molecule has 5 nitrogen and oxygen atoms in total. The maximum Gasteiger partial charge on any atom is 0.296 e. The van der Waals surface area contributed by atoms with E-state index in [1.54, 1.807) is 30.3 Å². The SMILES string of the molecule is O=C1C(=O)N(Cc2ccco2)C(c2ccccc2F)C1=C(O)c1ccc(Cl)cc1. The highest BCUT2D eigenvalue weighted by Crippen LogP contribution is 2.41. The molecule has 3 aromatic rings. The Hall–Kier alpha value is -3.38. The smallest absolute Gasteiger partial charge is 0.296 e. The Labute approximate surface area is 170 Å². The zero-order valence-electron chi connectivity index (χ0n) is 15.0. The summed E-state index contributed by atoms with van der Waals surface area (Å²) in [5.74, 6) is -2.29. The van der Waals surface area contributed by atoms with Crippen LogP contribution in [0.2, 0.25) is 5.02 Å². The second-order valence-corrected chi connectivity index (χ2v) is 6.97. The lowest BCUT2D eigenvalue weighted by Gasteiger charge is -2.24. The molecular weight excluding hydrogens is 397 g/mol. The summed E-state index contributed by atoms with van der Waals surface area (Å²) in [5.41, 5.74) is 0.217. The second kappa shape index (κ2) is 7.56. The average Bonchev–Trinajstić information content (AvgIpc) is 3.31. The molecule has 0 saturated carbocycles. The number of likely N-dealkylation sites (tertiary alicyclic amines) is 1. The fourth-order valence-corrected chi connectivity index (χ4v) is 3.52. The van der Waals surface area contributed by atoms with Crippen LogP contribution >= 0.6 is 11.6 Å². The van der Waals surface area contributed by atoms with Crippen LogP contribution in [0.3, 0.4) is 0 Å². The van der Waals surface area contributed by atoms with Crippen molar-refractivity contribution in [3.63, 3.8) is 0 Å². The molecule has 7 heteroatoms. The summed E-state index contributed by atoms with van der Waals surface area (Å²) in [7, 11) is 0. The van der Waals surface area contributed by atoms with E-state index >= 15 is 0 Å². The molecule has 1 N–H and O–H groups in total. The van der Waals surface area contributed by atoms with Crippen LogP contribution in [0, 0.1) is 5.82 Å². The van der Waals surface area contributed by atoms with E-state index in [4.69, 9.17) is 16.0 Å². The zero-order valence-corrected chi connectivity index (χ0v) is 15.8. The van der Waals surface area contributed by atoms with E-state index in [0.29, 0.717) is 16.3 Å². The number of rotatable bonds is 4. The number of aliphatic hydroxyl groups excluding tert-OH is 1. The number of halogens is 2. The van der Waals surface area contributed by atoms with Crippen LogP contribution in [0.15, 0.2) is 76.9 Å². The molecule has 1 aliphatic rings. The molecule has 1 fully saturated rings. The first-order valence-corrected chi connectivity index (χ1v) is 9.16. The number of carbonyl (C=O) groups excluding carboxylic acids is 2. The van der Waals surface area contributed by atoms with E-state index in [2.05, 4.69) is 0 Å². The maximum absolute atomic E-state index is 14.6. The summed E-state index contributed by atoms with van der Waals surface area (Å²) in [6.07, 6.45) is 1.44. The average molecular weight is 412 g/mol. The van der Waals surface area contributed by atoms with Gasteiger partial charge in [0.2, 0.25) is 0 Å². The summed E-state index contributed by atoms with van der Waals surface area (Å²) in [6, 6.07) is 14.2. The third kappa shape index (κ3) is 3.43. The standard InChI is InChI=1S/C22H15ClFNO4/c23-14-9-7-13(8-10-14)20(26)18-19(16-5-1-2-6-17(16)24)25(22(28)21(18)27)12-15-4-3-11-29-15/h1-11,19,26H,12H2. The first-order chi connectivity index (χ1) is 14.0. The van der Waals surface area contributed by atoms with Crippen LogP contribution < -0.4 is 0 Å². The monoisotopic (exact) mass is 411 g/mol. The first-order valence-electron chi connectivity index (χ1n) is 8.78. The number of hydrogen-bond donors (Lipinski definition) is 1. The molecule has 29 heavy (non-hydrogen) atoms. The number of nitrogens with zero attached hydrogens (tertiary/aromatic N) is 1. The van der Waals surface area contributed by atoms with E-state index in [-0.39, 0.29) is 17.7 Å². The van der Waals surface area contributed by atoms with E-state index in [1.807, 2.05) is 0 Å². The predicted molar refractivity (Wildman–Crippen MR) is 104 cm³/mol. The van der Waals surface area contributed by atoms with Crippen molar-refractivity contribution < 1.29 is 23.5 Å². The van der Waals surface area contributed by atoms with Crippen molar-refractivity contribution in [3.8, 4) is 0 Å². The maximum atomic E-state index is 14.6. The molecule has 2 aromatic carbocycles. The number of ketones is 1. The van der Waals surface area contributed by atoms with Gasteiger partial charge in [-0.25, -0.2) is 4.39 Å². The number of benzene rings is 2. The van der Waals surface area contributed by atoms with E-state index in [9.17, 15) is 19.1 Å².